The van der Waals surface area contributed by atoms with Crippen molar-refractivity contribution in [3.8, 4) is 0 Å². The molecule has 0 fully saturated rings. The molecule has 0 aliphatic rings. The summed E-state index contributed by atoms with van der Waals surface area (Å²) in [6.45, 7) is 0. The Bertz CT molecular complexity index is 654. The molecular formula is C14H11Cl2N3O. The van der Waals surface area contributed by atoms with Crippen molar-refractivity contribution in [2.24, 2.45) is 5.10 Å². The lowest BCUT2D eigenvalue weighted by Crippen LogP contribution is -2.17. The molecule has 0 aliphatic heterocycles. The van der Waals surface area contributed by atoms with Crippen molar-refractivity contribution >= 4 is 41.0 Å². The number of anilines is 1. The average molecular weight is 308 g/mol. The monoisotopic (exact) mass is 307 g/mol. The maximum absolute atomic E-state index is 11.8. The average Bonchev–Trinajstić information content (AvgIpc) is 2.43. The molecule has 20 heavy (non-hydrogen) atoms. The zero-order valence-electron chi connectivity index (χ0n) is 10.3. The summed E-state index contributed by atoms with van der Waals surface area (Å²) >= 11 is 11.7. The summed E-state index contributed by atoms with van der Waals surface area (Å²) in [6, 6.07) is 11.6. The van der Waals surface area contributed by atoms with E-state index in [1.54, 1.807) is 42.5 Å². The van der Waals surface area contributed by atoms with Crippen LogP contribution < -0.4 is 11.2 Å². The molecule has 0 saturated heterocycles. The van der Waals surface area contributed by atoms with Gasteiger partial charge in [-0.2, -0.15) is 5.10 Å². The maximum atomic E-state index is 11.8. The first kappa shape index (κ1) is 14.4. The first-order valence-electron chi connectivity index (χ1n) is 5.70. The number of benzene rings is 2. The van der Waals surface area contributed by atoms with E-state index < -0.39 is 0 Å². The van der Waals surface area contributed by atoms with Gasteiger partial charge in [0.15, 0.2) is 0 Å². The highest BCUT2D eigenvalue weighted by atomic mass is 35.5. The Morgan fingerprint density at radius 2 is 1.80 bits per heavy atom. The quantitative estimate of drug-likeness (QED) is 0.519. The first-order valence-corrected chi connectivity index (χ1v) is 6.46. The van der Waals surface area contributed by atoms with Crippen molar-refractivity contribution in [3.63, 3.8) is 0 Å². The molecule has 3 N–H and O–H groups in total. The molecule has 6 heteroatoms. The third-order valence-corrected chi connectivity index (χ3v) is 3.24. The van der Waals surface area contributed by atoms with Gasteiger partial charge in [-0.1, -0.05) is 29.3 Å². The number of nitrogen functional groups attached to an aromatic ring is 1. The van der Waals surface area contributed by atoms with Crippen LogP contribution >= 0.6 is 23.2 Å². The summed E-state index contributed by atoms with van der Waals surface area (Å²) in [5.74, 6) is -0.318. The van der Waals surface area contributed by atoms with Gasteiger partial charge in [0.25, 0.3) is 5.91 Å². The van der Waals surface area contributed by atoms with Crippen LogP contribution in [-0.2, 0) is 0 Å². The van der Waals surface area contributed by atoms with Crippen molar-refractivity contribution in [2.45, 2.75) is 0 Å². The van der Waals surface area contributed by atoms with E-state index in [9.17, 15) is 4.79 Å². The highest BCUT2D eigenvalue weighted by Crippen LogP contribution is 2.21. The summed E-state index contributed by atoms with van der Waals surface area (Å²) in [4.78, 5) is 11.8. The number of amides is 1. The molecule has 0 radical (unpaired) electrons. The lowest BCUT2D eigenvalue weighted by Gasteiger charge is -2.00. The minimum atomic E-state index is -0.318. The van der Waals surface area contributed by atoms with E-state index >= 15 is 0 Å². The number of hydrazone groups is 1. The topological polar surface area (TPSA) is 67.5 Å². The van der Waals surface area contributed by atoms with E-state index in [1.807, 2.05) is 0 Å². The molecule has 0 heterocycles. The van der Waals surface area contributed by atoms with Gasteiger partial charge in [-0.25, -0.2) is 5.43 Å². The normalized spacial score (nSPS) is 10.7. The van der Waals surface area contributed by atoms with Gasteiger partial charge in [0.05, 0.1) is 16.3 Å². The van der Waals surface area contributed by atoms with Gasteiger partial charge in [-0.3, -0.25) is 4.79 Å². The van der Waals surface area contributed by atoms with Gasteiger partial charge in [0.1, 0.15) is 0 Å². The number of hydrogen-bond donors (Lipinski definition) is 2. The van der Waals surface area contributed by atoms with Gasteiger partial charge < -0.3 is 5.73 Å². The largest absolute Gasteiger partial charge is 0.399 e. The molecule has 0 aliphatic carbocycles. The van der Waals surface area contributed by atoms with Crippen LogP contribution in [0.1, 0.15) is 15.9 Å². The van der Waals surface area contributed by atoms with Crippen LogP contribution in [0.2, 0.25) is 10.0 Å². The Morgan fingerprint density at radius 1 is 1.10 bits per heavy atom. The number of carbonyl (C=O) groups excluding carboxylic acids is 1. The van der Waals surface area contributed by atoms with Crippen LogP contribution in [0.25, 0.3) is 0 Å². The van der Waals surface area contributed by atoms with Crippen LogP contribution in [0.15, 0.2) is 47.6 Å². The minimum Gasteiger partial charge on any atom is -0.399 e. The zero-order valence-corrected chi connectivity index (χ0v) is 11.8. The molecule has 0 unspecified atom stereocenters. The van der Waals surface area contributed by atoms with E-state index in [0.717, 1.165) is 5.56 Å². The van der Waals surface area contributed by atoms with Gasteiger partial charge in [-0.15, -0.1) is 0 Å². The molecule has 0 atom stereocenters. The Hall–Kier alpha value is -2.04. The number of hydrogen-bond acceptors (Lipinski definition) is 3. The van der Waals surface area contributed by atoms with Crippen LogP contribution in [0.5, 0.6) is 0 Å². The van der Waals surface area contributed by atoms with E-state index in [1.165, 1.54) is 6.21 Å². The zero-order chi connectivity index (χ0) is 14.5. The predicted molar refractivity (Wildman–Crippen MR) is 82.4 cm³/mol. The Balaban J connectivity index is 2.00. The number of nitrogens with one attached hydrogen (secondary N) is 1. The fraction of sp³-hybridized carbons (Fsp3) is 0. The highest BCUT2D eigenvalue weighted by molar-refractivity contribution is 6.42. The molecule has 0 aromatic heterocycles. The molecule has 0 bridgehead atoms. The lowest BCUT2D eigenvalue weighted by atomic mass is 10.2. The fourth-order valence-corrected chi connectivity index (χ4v) is 1.76. The third-order valence-electron chi connectivity index (χ3n) is 2.50. The van der Waals surface area contributed by atoms with Gasteiger partial charge in [0, 0.05) is 11.3 Å². The Morgan fingerprint density at radius 3 is 2.45 bits per heavy atom. The summed E-state index contributed by atoms with van der Waals surface area (Å²) in [5.41, 5.74) is 9.77. The van der Waals surface area contributed by atoms with Gasteiger partial charge in [-0.05, 0) is 42.0 Å². The Labute approximate surface area is 126 Å². The number of halogens is 2. The third kappa shape index (κ3) is 3.73. The minimum absolute atomic E-state index is 0.318. The Kier molecular flexibility index (Phi) is 4.61. The maximum Gasteiger partial charge on any atom is 0.271 e. The second-order valence-corrected chi connectivity index (χ2v) is 4.81. The van der Waals surface area contributed by atoms with Crippen molar-refractivity contribution in [2.75, 3.05) is 5.73 Å². The highest BCUT2D eigenvalue weighted by Gasteiger charge is 2.03. The van der Waals surface area contributed by atoms with Crippen molar-refractivity contribution in [1.29, 1.82) is 0 Å². The van der Waals surface area contributed by atoms with Crippen molar-refractivity contribution in [3.05, 3.63) is 63.6 Å². The van der Waals surface area contributed by atoms with Gasteiger partial charge >= 0.3 is 0 Å². The SMILES string of the molecule is Nc1ccc(C(=O)NN=Cc2ccc(Cl)c(Cl)c2)cc1. The second kappa shape index (κ2) is 6.41. The van der Waals surface area contributed by atoms with Crippen molar-refractivity contribution in [1.82, 2.24) is 5.43 Å². The molecule has 102 valence electrons. The van der Waals surface area contributed by atoms with E-state index in [-0.39, 0.29) is 5.91 Å². The molecule has 4 nitrogen and oxygen atoms in total. The predicted octanol–water partition coefficient (Wildman–Crippen LogP) is 3.34. The summed E-state index contributed by atoms with van der Waals surface area (Å²) < 4.78 is 0. The fourth-order valence-electron chi connectivity index (χ4n) is 1.46. The van der Waals surface area contributed by atoms with Gasteiger partial charge in [0.2, 0.25) is 0 Å². The smallest absolute Gasteiger partial charge is 0.271 e. The molecule has 2 aromatic rings. The van der Waals surface area contributed by atoms with Crippen LogP contribution in [-0.4, -0.2) is 12.1 Å². The lowest BCUT2D eigenvalue weighted by molar-refractivity contribution is 0.0955. The number of rotatable bonds is 3. The molecular weight excluding hydrogens is 297 g/mol. The van der Waals surface area contributed by atoms with E-state index in [0.29, 0.717) is 21.3 Å². The molecule has 0 spiro atoms. The number of nitrogens with zero attached hydrogens (tertiary/aromatic N) is 1. The molecule has 0 saturated carbocycles. The first-order chi connectivity index (χ1) is 9.56. The van der Waals surface area contributed by atoms with Crippen LogP contribution in [0.3, 0.4) is 0 Å². The number of nitrogens with two attached hydrogens (primary N) is 1. The molecule has 2 rings (SSSR count). The summed E-state index contributed by atoms with van der Waals surface area (Å²) in [7, 11) is 0. The van der Waals surface area contributed by atoms with E-state index in [2.05, 4.69) is 10.5 Å². The van der Waals surface area contributed by atoms with E-state index in [4.69, 9.17) is 28.9 Å². The van der Waals surface area contributed by atoms with Crippen LogP contribution in [0, 0.1) is 0 Å². The van der Waals surface area contributed by atoms with Crippen LogP contribution in [0.4, 0.5) is 5.69 Å². The standard InChI is InChI=1S/C14H11Cl2N3O/c15-12-6-1-9(7-13(12)16)8-18-19-14(20)10-2-4-11(17)5-3-10/h1-8H,17H2,(H,19,20). The number of carbonyl (C=O) groups is 1. The molecule has 2 aromatic carbocycles. The second-order valence-electron chi connectivity index (χ2n) is 3.99. The summed E-state index contributed by atoms with van der Waals surface area (Å²) in [6.07, 6.45) is 1.48. The summed E-state index contributed by atoms with van der Waals surface area (Å²) in [5, 5.41) is 4.75. The van der Waals surface area contributed by atoms with Crippen molar-refractivity contribution < 1.29 is 4.79 Å². The molecule has 1 amide bonds.